The SMILES string of the molecule is c1ccc(-c2nc(-c3cccc4c3oc3ccccc34)nc(-c3cccc4c3oc3ccc(-c5ccc6c(c5)oc5ccccc56)cc34)n2)cc1. The fraction of sp³-hybridized carbons (Fsp3) is 0. The first-order valence-corrected chi connectivity index (χ1v) is 16.8. The second kappa shape index (κ2) is 10.7. The molecule has 0 unspecified atom stereocenters. The van der Waals surface area contributed by atoms with Crippen LogP contribution in [0.5, 0.6) is 0 Å². The average Bonchev–Trinajstić information content (AvgIpc) is 3.88. The van der Waals surface area contributed by atoms with Crippen LogP contribution < -0.4 is 0 Å². The molecule has 0 aliphatic rings. The predicted molar refractivity (Wildman–Crippen MR) is 203 cm³/mol. The molecule has 0 spiro atoms. The fourth-order valence-electron chi connectivity index (χ4n) is 7.32. The first-order chi connectivity index (χ1) is 25.2. The van der Waals surface area contributed by atoms with Crippen LogP contribution in [-0.2, 0) is 0 Å². The summed E-state index contributed by atoms with van der Waals surface area (Å²) in [5.74, 6) is 1.62. The standard InChI is InChI=1S/C45H25N3O3/c1-2-10-26(11-3-1)43-46-44(34-16-8-14-32-30-13-5-7-19-38(30)50-41(32)34)48-45(47-43)35-17-9-15-33-36-24-27(21-23-39(36)51-42(33)35)28-20-22-31-29-12-4-6-18-37(29)49-40(31)25-28/h1-25H. The van der Waals surface area contributed by atoms with Crippen molar-refractivity contribution in [3.05, 3.63) is 152 Å². The molecule has 7 aromatic carbocycles. The summed E-state index contributed by atoms with van der Waals surface area (Å²) in [6, 6.07) is 51.1. The van der Waals surface area contributed by atoms with Crippen LogP contribution in [0.4, 0.5) is 0 Å². The Morgan fingerprint density at radius 1 is 0.294 bits per heavy atom. The summed E-state index contributed by atoms with van der Waals surface area (Å²) in [6.07, 6.45) is 0. The lowest BCUT2D eigenvalue weighted by atomic mass is 10.0. The smallest absolute Gasteiger partial charge is 0.167 e. The lowest BCUT2D eigenvalue weighted by molar-refractivity contribution is 0.669. The Labute approximate surface area is 290 Å². The van der Waals surface area contributed by atoms with Gasteiger partial charge in [-0.05, 0) is 59.7 Å². The maximum Gasteiger partial charge on any atom is 0.167 e. The fourth-order valence-corrected chi connectivity index (χ4v) is 7.32. The molecule has 6 nitrogen and oxygen atoms in total. The molecule has 6 heteroatoms. The van der Waals surface area contributed by atoms with Crippen molar-refractivity contribution in [2.75, 3.05) is 0 Å². The zero-order chi connectivity index (χ0) is 33.5. The molecular formula is C45H25N3O3. The van der Waals surface area contributed by atoms with E-state index in [1.165, 1.54) is 0 Å². The number of rotatable bonds is 4. The lowest BCUT2D eigenvalue weighted by Crippen LogP contribution is -2.00. The van der Waals surface area contributed by atoms with E-state index < -0.39 is 0 Å². The Hall–Kier alpha value is -7.05. The molecule has 4 aromatic heterocycles. The van der Waals surface area contributed by atoms with Crippen LogP contribution in [0.15, 0.2) is 165 Å². The molecule has 0 bridgehead atoms. The minimum atomic E-state index is 0.521. The third kappa shape index (κ3) is 4.33. The van der Waals surface area contributed by atoms with Gasteiger partial charge in [-0.25, -0.2) is 15.0 Å². The van der Waals surface area contributed by atoms with E-state index in [1.807, 2.05) is 97.1 Å². The highest BCUT2D eigenvalue weighted by atomic mass is 16.3. The summed E-state index contributed by atoms with van der Waals surface area (Å²) in [5, 5.41) is 6.29. The van der Waals surface area contributed by atoms with Crippen LogP contribution in [-0.4, -0.2) is 15.0 Å². The van der Waals surface area contributed by atoms with Crippen molar-refractivity contribution < 1.29 is 13.3 Å². The molecule has 11 rings (SSSR count). The third-order valence-electron chi connectivity index (χ3n) is 9.76. The summed E-state index contributed by atoms with van der Waals surface area (Å²) < 4.78 is 19.2. The molecule has 0 saturated heterocycles. The minimum absolute atomic E-state index is 0.521. The zero-order valence-corrected chi connectivity index (χ0v) is 27.0. The van der Waals surface area contributed by atoms with Crippen molar-refractivity contribution in [2.24, 2.45) is 0 Å². The summed E-state index contributed by atoms with van der Waals surface area (Å²) in [5.41, 5.74) is 9.44. The topological polar surface area (TPSA) is 78.1 Å². The van der Waals surface area contributed by atoms with Gasteiger partial charge in [0.1, 0.15) is 33.5 Å². The van der Waals surface area contributed by atoms with Gasteiger partial charge in [0.15, 0.2) is 17.5 Å². The first kappa shape index (κ1) is 27.9. The minimum Gasteiger partial charge on any atom is -0.456 e. The zero-order valence-electron chi connectivity index (χ0n) is 27.0. The van der Waals surface area contributed by atoms with E-state index in [0.29, 0.717) is 17.5 Å². The van der Waals surface area contributed by atoms with E-state index in [0.717, 1.165) is 93.6 Å². The second-order valence-corrected chi connectivity index (χ2v) is 12.8. The summed E-state index contributed by atoms with van der Waals surface area (Å²) in [4.78, 5) is 15.1. The lowest BCUT2D eigenvalue weighted by Gasteiger charge is -2.09. The molecule has 0 N–H and O–H groups in total. The molecule has 0 aliphatic carbocycles. The monoisotopic (exact) mass is 655 g/mol. The maximum absolute atomic E-state index is 6.60. The van der Waals surface area contributed by atoms with Crippen LogP contribution in [0.3, 0.4) is 0 Å². The third-order valence-corrected chi connectivity index (χ3v) is 9.76. The van der Waals surface area contributed by atoms with Gasteiger partial charge in [0, 0.05) is 37.9 Å². The number of benzene rings is 7. The van der Waals surface area contributed by atoms with Gasteiger partial charge in [0.25, 0.3) is 0 Å². The van der Waals surface area contributed by atoms with Gasteiger partial charge in [-0.15, -0.1) is 0 Å². The van der Waals surface area contributed by atoms with E-state index in [1.54, 1.807) is 0 Å². The molecule has 0 radical (unpaired) electrons. The Morgan fingerprint density at radius 2 is 0.804 bits per heavy atom. The van der Waals surface area contributed by atoms with Gasteiger partial charge >= 0.3 is 0 Å². The molecule has 0 fully saturated rings. The van der Waals surface area contributed by atoms with E-state index in [4.69, 9.17) is 28.2 Å². The quantitative estimate of drug-likeness (QED) is 0.188. The van der Waals surface area contributed by atoms with Gasteiger partial charge in [0.2, 0.25) is 0 Å². The number of hydrogen-bond acceptors (Lipinski definition) is 6. The molecular weight excluding hydrogens is 631 g/mol. The molecule has 0 saturated carbocycles. The molecule has 4 heterocycles. The van der Waals surface area contributed by atoms with Crippen molar-refractivity contribution in [2.45, 2.75) is 0 Å². The highest BCUT2D eigenvalue weighted by molar-refractivity contribution is 6.12. The highest BCUT2D eigenvalue weighted by Crippen LogP contribution is 2.40. The number of aromatic nitrogens is 3. The number of para-hydroxylation sites is 4. The van der Waals surface area contributed by atoms with E-state index in [-0.39, 0.29) is 0 Å². The predicted octanol–water partition coefficient (Wildman–Crippen LogP) is 12.2. The van der Waals surface area contributed by atoms with Crippen LogP contribution in [0.1, 0.15) is 0 Å². The Bertz CT molecular complexity index is 3150. The summed E-state index contributed by atoms with van der Waals surface area (Å²) in [7, 11) is 0. The van der Waals surface area contributed by atoms with Crippen molar-refractivity contribution in [3.8, 4) is 45.3 Å². The first-order valence-electron chi connectivity index (χ1n) is 16.8. The van der Waals surface area contributed by atoms with E-state index >= 15 is 0 Å². The van der Waals surface area contributed by atoms with Gasteiger partial charge in [0.05, 0.1) is 11.1 Å². The van der Waals surface area contributed by atoms with Crippen molar-refractivity contribution in [1.29, 1.82) is 0 Å². The maximum atomic E-state index is 6.60. The number of hydrogen-bond donors (Lipinski definition) is 0. The molecule has 0 amide bonds. The summed E-state index contributed by atoms with van der Waals surface area (Å²) >= 11 is 0. The van der Waals surface area contributed by atoms with Crippen LogP contribution >= 0.6 is 0 Å². The van der Waals surface area contributed by atoms with E-state index in [9.17, 15) is 0 Å². The molecule has 51 heavy (non-hydrogen) atoms. The van der Waals surface area contributed by atoms with Gasteiger partial charge in [-0.1, -0.05) is 103 Å². The van der Waals surface area contributed by atoms with Crippen LogP contribution in [0, 0.1) is 0 Å². The highest BCUT2D eigenvalue weighted by Gasteiger charge is 2.20. The molecule has 0 aliphatic heterocycles. The number of furan rings is 3. The van der Waals surface area contributed by atoms with Crippen LogP contribution in [0.25, 0.3) is 111 Å². The Morgan fingerprint density at radius 3 is 1.53 bits per heavy atom. The van der Waals surface area contributed by atoms with E-state index in [2.05, 4.69) is 54.6 Å². The Balaban J connectivity index is 1.09. The van der Waals surface area contributed by atoms with Crippen molar-refractivity contribution in [3.63, 3.8) is 0 Å². The van der Waals surface area contributed by atoms with Gasteiger partial charge in [-0.3, -0.25) is 0 Å². The average molecular weight is 656 g/mol. The summed E-state index contributed by atoms with van der Waals surface area (Å²) in [6.45, 7) is 0. The number of fused-ring (bicyclic) bond motifs is 9. The normalized spacial score (nSPS) is 11.9. The number of nitrogens with zero attached hydrogens (tertiary/aromatic N) is 3. The van der Waals surface area contributed by atoms with Crippen molar-refractivity contribution in [1.82, 2.24) is 15.0 Å². The molecule has 238 valence electrons. The van der Waals surface area contributed by atoms with Crippen molar-refractivity contribution >= 4 is 65.8 Å². The van der Waals surface area contributed by atoms with Gasteiger partial charge in [-0.2, -0.15) is 0 Å². The van der Waals surface area contributed by atoms with Gasteiger partial charge < -0.3 is 13.3 Å². The molecule has 0 atom stereocenters. The van der Waals surface area contributed by atoms with Crippen LogP contribution in [0.2, 0.25) is 0 Å². The second-order valence-electron chi connectivity index (χ2n) is 12.8. The molecule has 11 aromatic rings. The Kier molecular flexibility index (Phi) is 5.86. The largest absolute Gasteiger partial charge is 0.456 e.